The molecule has 13 heavy (non-hydrogen) atoms. The Hall–Kier alpha value is -0.570. The van der Waals surface area contributed by atoms with Crippen LogP contribution in [0.2, 0.25) is 0 Å². The van der Waals surface area contributed by atoms with Crippen molar-refractivity contribution in [1.82, 2.24) is 0 Å². The Balaban J connectivity index is 3.45. The molecule has 0 saturated carbocycles. The predicted molar refractivity (Wildman–Crippen MR) is 51.7 cm³/mol. The number of hydrogen-bond acceptors (Lipinski definition) is 2. The molecule has 0 saturated heterocycles. The van der Waals surface area contributed by atoms with Crippen molar-refractivity contribution >= 4 is 5.97 Å². The van der Waals surface area contributed by atoms with Gasteiger partial charge in [0.1, 0.15) is 0 Å². The molecule has 0 amide bonds. The second-order valence-corrected chi connectivity index (χ2v) is 3.50. The highest BCUT2D eigenvalue weighted by Gasteiger charge is 2.12. The molecule has 0 aromatic carbocycles. The zero-order chi connectivity index (χ0) is 10.3. The van der Waals surface area contributed by atoms with E-state index in [2.05, 4.69) is 6.92 Å². The molecule has 3 heteroatoms. The molecule has 0 fully saturated rings. The largest absolute Gasteiger partial charge is 0.481 e. The van der Waals surface area contributed by atoms with Crippen molar-refractivity contribution in [2.24, 2.45) is 5.92 Å². The molecule has 0 rings (SSSR count). The third kappa shape index (κ3) is 6.58. The van der Waals surface area contributed by atoms with Crippen LogP contribution < -0.4 is 0 Å². The summed E-state index contributed by atoms with van der Waals surface area (Å²) < 4.78 is 5.43. The van der Waals surface area contributed by atoms with Crippen LogP contribution in [0.15, 0.2) is 0 Å². The number of rotatable bonds is 7. The first-order valence-electron chi connectivity index (χ1n) is 4.92. The van der Waals surface area contributed by atoms with Crippen LogP contribution in [0.5, 0.6) is 0 Å². The van der Waals surface area contributed by atoms with Crippen molar-refractivity contribution in [2.45, 2.75) is 46.1 Å². The van der Waals surface area contributed by atoms with Crippen LogP contribution in [0.25, 0.3) is 0 Å². The molecule has 0 unspecified atom stereocenters. The van der Waals surface area contributed by atoms with E-state index in [9.17, 15) is 4.79 Å². The smallest absolute Gasteiger partial charge is 0.306 e. The Morgan fingerprint density at radius 1 is 1.38 bits per heavy atom. The van der Waals surface area contributed by atoms with Crippen molar-refractivity contribution in [3.8, 4) is 0 Å². The lowest BCUT2D eigenvalue weighted by Crippen LogP contribution is -2.14. The number of carboxylic acid groups (broad SMARTS) is 1. The third-order valence-electron chi connectivity index (χ3n) is 2.03. The summed E-state index contributed by atoms with van der Waals surface area (Å²) in [5.41, 5.74) is 0. The normalized spacial score (nSPS) is 15.3. The highest BCUT2D eigenvalue weighted by Crippen LogP contribution is 2.10. The van der Waals surface area contributed by atoms with Crippen LogP contribution in [0.4, 0.5) is 0 Å². The van der Waals surface area contributed by atoms with Gasteiger partial charge in [-0.1, -0.05) is 13.8 Å². The van der Waals surface area contributed by atoms with Crippen LogP contribution in [-0.4, -0.2) is 23.8 Å². The van der Waals surface area contributed by atoms with Gasteiger partial charge in [-0.05, 0) is 26.2 Å². The van der Waals surface area contributed by atoms with Crippen LogP contribution in [0.1, 0.15) is 40.0 Å². The van der Waals surface area contributed by atoms with Gasteiger partial charge in [-0.15, -0.1) is 0 Å². The monoisotopic (exact) mass is 188 g/mol. The lowest BCUT2D eigenvalue weighted by atomic mass is 10.0. The molecular weight excluding hydrogens is 168 g/mol. The maximum atomic E-state index is 10.5. The Morgan fingerprint density at radius 3 is 2.46 bits per heavy atom. The quantitative estimate of drug-likeness (QED) is 0.666. The summed E-state index contributed by atoms with van der Waals surface area (Å²) in [4.78, 5) is 10.5. The van der Waals surface area contributed by atoms with Crippen LogP contribution >= 0.6 is 0 Å². The highest BCUT2D eigenvalue weighted by molar-refractivity contribution is 5.69. The number of aliphatic carboxylic acids is 1. The van der Waals surface area contributed by atoms with E-state index < -0.39 is 5.97 Å². The summed E-state index contributed by atoms with van der Waals surface area (Å²) in [5.74, 6) is -0.977. The molecular formula is C10H20O3. The average Bonchev–Trinajstić information content (AvgIpc) is 2.10. The fraction of sp³-hybridized carbons (Fsp3) is 0.900. The first-order valence-corrected chi connectivity index (χ1v) is 4.92. The highest BCUT2D eigenvalue weighted by atomic mass is 16.5. The Morgan fingerprint density at radius 2 is 2.00 bits per heavy atom. The van der Waals surface area contributed by atoms with Crippen molar-refractivity contribution in [3.63, 3.8) is 0 Å². The van der Waals surface area contributed by atoms with Crippen LogP contribution in [-0.2, 0) is 9.53 Å². The molecule has 1 N–H and O–H groups in total. The topological polar surface area (TPSA) is 46.5 Å². The molecule has 0 heterocycles. The van der Waals surface area contributed by atoms with Crippen molar-refractivity contribution in [1.29, 1.82) is 0 Å². The summed E-state index contributed by atoms with van der Waals surface area (Å²) in [6.07, 6.45) is 2.72. The number of ether oxygens (including phenoxy) is 1. The van der Waals surface area contributed by atoms with Gasteiger partial charge >= 0.3 is 5.97 Å². The maximum absolute atomic E-state index is 10.5. The Labute approximate surface area is 80.1 Å². The third-order valence-corrected chi connectivity index (χ3v) is 2.03. The molecule has 0 aliphatic rings. The van der Waals surface area contributed by atoms with E-state index in [0.717, 1.165) is 19.4 Å². The molecule has 78 valence electrons. The van der Waals surface area contributed by atoms with E-state index in [4.69, 9.17) is 9.84 Å². The lowest BCUT2D eigenvalue weighted by molar-refractivity contribution is -0.141. The van der Waals surface area contributed by atoms with Crippen LogP contribution in [0, 0.1) is 5.92 Å². The first-order chi connectivity index (χ1) is 6.07. The average molecular weight is 188 g/mol. The van der Waals surface area contributed by atoms with Gasteiger partial charge in [0.15, 0.2) is 0 Å². The van der Waals surface area contributed by atoms with E-state index in [1.807, 2.05) is 6.92 Å². The van der Waals surface area contributed by atoms with Gasteiger partial charge < -0.3 is 9.84 Å². The summed E-state index contributed by atoms with van der Waals surface area (Å²) in [5, 5.41) is 8.63. The van der Waals surface area contributed by atoms with Gasteiger partial charge in [0.25, 0.3) is 0 Å². The Bertz CT molecular complexity index is 145. The maximum Gasteiger partial charge on any atom is 0.306 e. The van der Waals surface area contributed by atoms with Gasteiger partial charge in [-0.3, -0.25) is 4.79 Å². The minimum Gasteiger partial charge on any atom is -0.481 e. The standard InChI is InChI=1S/C10H20O3/c1-4-7-13-9(3)6-5-8(2)10(11)12/h8-9H,4-7H2,1-3H3,(H,11,12)/t8-,9+/m1/s1. The zero-order valence-corrected chi connectivity index (χ0v) is 8.75. The molecule has 0 aliphatic carbocycles. The Kier molecular flexibility index (Phi) is 6.59. The molecule has 0 spiro atoms. The van der Waals surface area contributed by atoms with E-state index in [1.165, 1.54) is 0 Å². The molecule has 0 radical (unpaired) electrons. The van der Waals surface area contributed by atoms with Crippen molar-refractivity contribution in [3.05, 3.63) is 0 Å². The molecule has 3 nitrogen and oxygen atoms in total. The zero-order valence-electron chi connectivity index (χ0n) is 8.75. The van der Waals surface area contributed by atoms with E-state index in [-0.39, 0.29) is 12.0 Å². The first kappa shape index (κ1) is 12.4. The number of carboxylic acids is 1. The molecule has 0 aromatic heterocycles. The fourth-order valence-electron chi connectivity index (χ4n) is 1.01. The van der Waals surface area contributed by atoms with Gasteiger partial charge in [0.2, 0.25) is 0 Å². The molecule has 0 bridgehead atoms. The number of hydrogen-bond donors (Lipinski definition) is 1. The van der Waals surface area contributed by atoms with E-state index in [0.29, 0.717) is 6.42 Å². The van der Waals surface area contributed by atoms with Crippen LogP contribution in [0.3, 0.4) is 0 Å². The van der Waals surface area contributed by atoms with Gasteiger partial charge in [-0.25, -0.2) is 0 Å². The lowest BCUT2D eigenvalue weighted by Gasteiger charge is -2.13. The summed E-state index contributed by atoms with van der Waals surface area (Å²) in [6, 6.07) is 0. The van der Waals surface area contributed by atoms with Gasteiger partial charge in [-0.2, -0.15) is 0 Å². The minimum absolute atomic E-state index is 0.182. The summed E-state index contributed by atoms with van der Waals surface area (Å²) in [7, 11) is 0. The summed E-state index contributed by atoms with van der Waals surface area (Å²) in [6.45, 7) is 6.55. The van der Waals surface area contributed by atoms with Gasteiger partial charge in [0, 0.05) is 6.61 Å². The molecule has 2 atom stereocenters. The summed E-state index contributed by atoms with van der Waals surface area (Å²) >= 11 is 0. The second-order valence-electron chi connectivity index (χ2n) is 3.50. The second kappa shape index (κ2) is 6.89. The van der Waals surface area contributed by atoms with E-state index in [1.54, 1.807) is 6.92 Å². The van der Waals surface area contributed by atoms with Crippen molar-refractivity contribution < 1.29 is 14.6 Å². The SMILES string of the molecule is CCCO[C@@H](C)CC[C@@H](C)C(=O)O. The van der Waals surface area contributed by atoms with E-state index >= 15 is 0 Å². The fourth-order valence-corrected chi connectivity index (χ4v) is 1.01. The molecule has 0 aliphatic heterocycles. The number of carbonyl (C=O) groups is 1. The predicted octanol–water partition coefficient (Wildman–Crippen LogP) is 2.30. The molecule has 0 aromatic rings. The van der Waals surface area contributed by atoms with Crippen molar-refractivity contribution in [2.75, 3.05) is 6.61 Å². The minimum atomic E-state index is -0.720. The van der Waals surface area contributed by atoms with Gasteiger partial charge in [0.05, 0.1) is 12.0 Å².